The van der Waals surface area contributed by atoms with Gasteiger partial charge in [0.05, 0.1) is 12.6 Å². The highest BCUT2D eigenvalue weighted by Crippen LogP contribution is 2.32. The lowest BCUT2D eigenvalue weighted by molar-refractivity contribution is -0.122. The molecule has 1 aromatic carbocycles. The van der Waals surface area contributed by atoms with Crippen LogP contribution in [0, 0.1) is 0 Å². The Morgan fingerprint density at radius 3 is 3.05 bits per heavy atom. The maximum absolute atomic E-state index is 11.9. The maximum atomic E-state index is 11.9. The molecule has 1 fully saturated rings. The predicted octanol–water partition coefficient (Wildman–Crippen LogP) is 1.14. The number of hydrogen-bond acceptors (Lipinski definition) is 5. The monoisotopic (exact) mass is 306 g/mol. The van der Waals surface area contributed by atoms with E-state index in [4.69, 9.17) is 14.2 Å². The van der Waals surface area contributed by atoms with Crippen LogP contribution in [0.5, 0.6) is 11.5 Å². The molecule has 0 aromatic heterocycles. The van der Waals surface area contributed by atoms with E-state index in [0.29, 0.717) is 19.6 Å². The van der Waals surface area contributed by atoms with E-state index in [1.54, 1.807) is 0 Å². The van der Waals surface area contributed by atoms with E-state index in [0.717, 1.165) is 36.5 Å². The number of benzene rings is 1. The molecule has 3 rings (SSSR count). The Balaban J connectivity index is 1.43. The summed E-state index contributed by atoms with van der Waals surface area (Å²) in [6, 6.07) is 5.86. The summed E-state index contributed by atoms with van der Waals surface area (Å²) in [5.41, 5.74) is 1.10. The summed E-state index contributed by atoms with van der Waals surface area (Å²) in [7, 11) is 1.93. The second-order valence-electron chi connectivity index (χ2n) is 5.80. The van der Waals surface area contributed by atoms with Crippen LogP contribution in [-0.2, 0) is 16.1 Å². The lowest BCUT2D eigenvalue weighted by atomic mass is 10.2. The molecule has 1 unspecified atom stereocenters. The van der Waals surface area contributed by atoms with Crippen LogP contribution < -0.4 is 14.8 Å². The third kappa shape index (κ3) is 3.90. The summed E-state index contributed by atoms with van der Waals surface area (Å²) < 4.78 is 16.1. The Labute approximate surface area is 130 Å². The first-order valence-corrected chi connectivity index (χ1v) is 7.66. The van der Waals surface area contributed by atoms with E-state index in [1.807, 2.05) is 30.1 Å². The van der Waals surface area contributed by atoms with Crippen molar-refractivity contribution in [3.63, 3.8) is 0 Å². The molecule has 0 bridgehead atoms. The van der Waals surface area contributed by atoms with Gasteiger partial charge in [0.25, 0.3) is 0 Å². The van der Waals surface area contributed by atoms with Gasteiger partial charge in [-0.25, -0.2) is 0 Å². The molecular formula is C16H22N2O4. The van der Waals surface area contributed by atoms with Gasteiger partial charge in [-0.2, -0.15) is 0 Å². The highest BCUT2D eigenvalue weighted by molar-refractivity contribution is 5.78. The van der Waals surface area contributed by atoms with Crippen molar-refractivity contribution in [1.82, 2.24) is 10.2 Å². The number of carbonyl (C=O) groups is 1. The smallest absolute Gasteiger partial charge is 0.234 e. The fourth-order valence-electron chi connectivity index (χ4n) is 2.74. The maximum Gasteiger partial charge on any atom is 0.234 e. The zero-order valence-electron chi connectivity index (χ0n) is 12.8. The Morgan fingerprint density at radius 1 is 1.36 bits per heavy atom. The van der Waals surface area contributed by atoms with E-state index in [2.05, 4.69) is 5.32 Å². The van der Waals surface area contributed by atoms with Gasteiger partial charge in [-0.05, 0) is 37.6 Å². The molecule has 0 radical (unpaired) electrons. The third-order valence-corrected chi connectivity index (χ3v) is 3.85. The van der Waals surface area contributed by atoms with Gasteiger partial charge in [-0.1, -0.05) is 6.07 Å². The van der Waals surface area contributed by atoms with Crippen molar-refractivity contribution in [2.45, 2.75) is 25.5 Å². The summed E-state index contributed by atoms with van der Waals surface area (Å²) in [4.78, 5) is 13.9. The number of nitrogens with zero attached hydrogens (tertiary/aromatic N) is 1. The van der Waals surface area contributed by atoms with Crippen molar-refractivity contribution in [1.29, 1.82) is 0 Å². The van der Waals surface area contributed by atoms with Crippen LogP contribution in [0.25, 0.3) is 0 Å². The molecule has 2 aliphatic rings. The van der Waals surface area contributed by atoms with Crippen molar-refractivity contribution in [2.24, 2.45) is 0 Å². The molecule has 1 amide bonds. The first kappa shape index (κ1) is 15.1. The molecule has 1 aromatic rings. The quantitative estimate of drug-likeness (QED) is 0.854. The molecule has 0 spiro atoms. The summed E-state index contributed by atoms with van der Waals surface area (Å²) in [5.74, 6) is 1.58. The van der Waals surface area contributed by atoms with Crippen molar-refractivity contribution >= 4 is 5.91 Å². The second kappa shape index (κ2) is 6.98. The Kier molecular flexibility index (Phi) is 4.80. The molecule has 22 heavy (non-hydrogen) atoms. The van der Waals surface area contributed by atoms with Crippen LogP contribution >= 0.6 is 0 Å². The SMILES string of the molecule is CN(CC(=O)NCC1CCCO1)Cc1ccc2c(c1)OCO2. The standard InChI is InChI=1S/C16H22N2O4/c1-18(10-16(19)17-8-13-3-2-6-20-13)9-12-4-5-14-15(7-12)22-11-21-14/h4-5,7,13H,2-3,6,8-11H2,1H3,(H,17,19). The van der Waals surface area contributed by atoms with Gasteiger partial charge < -0.3 is 19.5 Å². The Hall–Kier alpha value is -1.79. The minimum Gasteiger partial charge on any atom is -0.454 e. The molecular weight excluding hydrogens is 284 g/mol. The fourth-order valence-corrected chi connectivity index (χ4v) is 2.74. The van der Waals surface area contributed by atoms with Crippen LogP contribution in [0.4, 0.5) is 0 Å². The van der Waals surface area contributed by atoms with Gasteiger partial charge in [0.1, 0.15) is 0 Å². The fraction of sp³-hybridized carbons (Fsp3) is 0.562. The van der Waals surface area contributed by atoms with E-state index in [9.17, 15) is 4.79 Å². The lowest BCUT2D eigenvalue weighted by Crippen LogP contribution is -2.38. The van der Waals surface area contributed by atoms with E-state index in [1.165, 1.54) is 0 Å². The number of ether oxygens (including phenoxy) is 3. The number of hydrogen-bond donors (Lipinski definition) is 1. The van der Waals surface area contributed by atoms with Gasteiger partial charge in [0.15, 0.2) is 11.5 Å². The van der Waals surface area contributed by atoms with Crippen molar-refractivity contribution < 1.29 is 19.0 Å². The number of rotatable bonds is 6. The Morgan fingerprint density at radius 2 is 2.23 bits per heavy atom. The topological polar surface area (TPSA) is 60.0 Å². The number of carbonyl (C=O) groups excluding carboxylic acids is 1. The molecule has 6 nitrogen and oxygen atoms in total. The van der Waals surface area contributed by atoms with Crippen LogP contribution in [-0.4, -0.2) is 50.4 Å². The van der Waals surface area contributed by atoms with Gasteiger partial charge in [0, 0.05) is 19.7 Å². The molecule has 120 valence electrons. The highest BCUT2D eigenvalue weighted by Gasteiger charge is 2.17. The van der Waals surface area contributed by atoms with Gasteiger partial charge in [-0.15, -0.1) is 0 Å². The zero-order valence-corrected chi connectivity index (χ0v) is 12.8. The van der Waals surface area contributed by atoms with Crippen molar-refractivity contribution in [3.8, 4) is 11.5 Å². The summed E-state index contributed by atoms with van der Waals surface area (Å²) in [6.07, 6.45) is 2.31. The van der Waals surface area contributed by atoms with Gasteiger partial charge in [-0.3, -0.25) is 9.69 Å². The minimum atomic E-state index is 0.0266. The van der Waals surface area contributed by atoms with E-state index >= 15 is 0 Å². The van der Waals surface area contributed by atoms with Crippen LogP contribution in [0.1, 0.15) is 18.4 Å². The molecule has 1 N–H and O–H groups in total. The van der Waals surface area contributed by atoms with Gasteiger partial charge >= 0.3 is 0 Å². The molecule has 2 heterocycles. The molecule has 6 heteroatoms. The molecule has 2 aliphatic heterocycles. The molecule has 0 saturated carbocycles. The average molecular weight is 306 g/mol. The first-order valence-electron chi connectivity index (χ1n) is 7.66. The summed E-state index contributed by atoms with van der Waals surface area (Å²) >= 11 is 0. The van der Waals surface area contributed by atoms with Crippen molar-refractivity contribution in [2.75, 3.05) is 33.5 Å². The van der Waals surface area contributed by atoms with Crippen LogP contribution in [0.2, 0.25) is 0 Å². The second-order valence-corrected chi connectivity index (χ2v) is 5.80. The van der Waals surface area contributed by atoms with Gasteiger partial charge in [0.2, 0.25) is 12.7 Å². The number of likely N-dealkylation sites (N-methyl/N-ethyl adjacent to an activating group) is 1. The number of fused-ring (bicyclic) bond motifs is 1. The van der Waals surface area contributed by atoms with Crippen LogP contribution in [0.15, 0.2) is 18.2 Å². The number of amides is 1. The molecule has 1 atom stereocenters. The van der Waals surface area contributed by atoms with Crippen molar-refractivity contribution in [3.05, 3.63) is 23.8 Å². The van der Waals surface area contributed by atoms with E-state index in [-0.39, 0.29) is 18.8 Å². The van der Waals surface area contributed by atoms with E-state index < -0.39 is 0 Å². The zero-order chi connectivity index (χ0) is 15.4. The lowest BCUT2D eigenvalue weighted by Gasteiger charge is -2.17. The Bertz CT molecular complexity index is 529. The molecule has 1 saturated heterocycles. The minimum absolute atomic E-state index is 0.0266. The first-order chi connectivity index (χ1) is 10.7. The largest absolute Gasteiger partial charge is 0.454 e. The molecule has 0 aliphatic carbocycles. The van der Waals surface area contributed by atoms with Crippen LogP contribution in [0.3, 0.4) is 0 Å². The third-order valence-electron chi connectivity index (χ3n) is 3.85. The highest BCUT2D eigenvalue weighted by atomic mass is 16.7. The summed E-state index contributed by atoms with van der Waals surface area (Å²) in [6.45, 7) is 2.74. The number of nitrogens with one attached hydrogen (secondary N) is 1. The predicted molar refractivity (Wildman–Crippen MR) is 80.9 cm³/mol. The normalized spacial score (nSPS) is 19.6. The summed E-state index contributed by atoms with van der Waals surface area (Å²) in [5, 5.41) is 2.93. The average Bonchev–Trinajstić information content (AvgIpc) is 3.15.